The van der Waals surface area contributed by atoms with Gasteiger partial charge in [0.15, 0.2) is 11.5 Å². The molecule has 240 valence electrons. The maximum Gasteiger partial charge on any atom is 0.153 e. The molecule has 1 aliphatic rings. The monoisotopic (exact) mass is 672 g/mol. The number of rotatable bonds is 4. The Kier molecular flexibility index (Phi) is 6.09. The largest absolute Gasteiger partial charge is 0.456 e. The van der Waals surface area contributed by atoms with E-state index in [0.717, 1.165) is 72.9 Å². The van der Waals surface area contributed by atoms with Gasteiger partial charge in [-0.1, -0.05) is 91.0 Å². The van der Waals surface area contributed by atoms with Crippen LogP contribution in [0.2, 0.25) is 0 Å². The Morgan fingerprint density at radius 2 is 1.14 bits per heavy atom. The van der Waals surface area contributed by atoms with Gasteiger partial charge < -0.3 is 19.0 Å². The van der Waals surface area contributed by atoms with E-state index in [-0.39, 0.29) is 0 Å². The van der Waals surface area contributed by atoms with Gasteiger partial charge >= 0.3 is 0 Å². The van der Waals surface area contributed by atoms with E-state index in [1.165, 1.54) is 25.6 Å². The number of thiophene rings is 1. The van der Waals surface area contributed by atoms with Gasteiger partial charge in [-0.15, -0.1) is 11.3 Å². The number of hydrogen-bond acceptors (Lipinski definition) is 5. The van der Waals surface area contributed by atoms with Crippen molar-refractivity contribution in [3.05, 3.63) is 170 Å². The molecule has 3 heterocycles. The third-order valence-electron chi connectivity index (χ3n) is 10.0. The van der Waals surface area contributed by atoms with Crippen LogP contribution in [0.3, 0.4) is 0 Å². The zero-order valence-electron chi connectivity index (χ0n) is 27.3. The summed E-state index contributed by atoms with van der Waals surface area (Å²) in [6.45, 7) is 0. The lowest BCUT2D eigenvalue weighted by Gasteiger charge is -2.34. The number of ether oxygens (including phenoxy) is 1. The summed E-state index contributed by atoms with van der Waals surface area (Å²) in [5, 5.41) is 7.13. The van der Waals surface area contributed by atoms with Gasteiger partial charge in [-0.2, -0.15) is 0 Å². The van der Waals surface area contributed by atoms with E-state index in [0.29, 0.717) is 0 Å². The standard InChI is InChI=1S/C46H28N2O2S/c1-2-12-33-29(10-1)11-9-16-38(33)47(30-20-23-35-34-13-3-6-17-41(34)49-43(35)26-30)31-22-25-40-44(27-31)50-42-18-7-5-15-39(42)48(40)32-21-24-37-36-14-4-8-19-45(36)51-46(37)28-32/h1-28H. The number of nitrogens with zero attached hydrogens (tertiary/aromatic N) is 2. The van der Waals surface area contributed by atoms with Gasteiger partial charge in [0.05, 0.1) is 22.7 Å². The minimum absolute atomic E-state index is 0.790. The van der Waals surface area contributed by atoms with E-state index < -0.39 is 0 Å². The highest BCUT2D eigenvalue weighted by Crippen LogP contribution is 2.53. The average molecular weight is 673 g/mol. The van der Waals surface area contributed by atoms with Crippen LogP contribution in [0, 0.1) is 0 Å². The van der Waals surface area contributed by atoms with Gasteiger partial charge in [-0.05, 0) is 72.1 Å². The maximum absolute atomic E-state index is 6.74. The maximum atomic E-state index is 6.74. The molecular formula is C46H28N2O2S. The molecule has 0 spiro atoms. The predicted octanol–water partition coefficient (Wildman–Crippen LogP) is 14.2. The first-order chi connectivity index (χ1) is 25.3. The number of para-hydroxylation sites is 3. The van der Waals surface area contributed by atoms with Crippen molar-refractivity contribution < 1.29 is 9.15 Å². The molecule has 0 atom stereocenters. The number of hydrogen-bond donors (Lipinski definition) is 0. The van der Waals surface area contributed by atoms with Crippen LogP contribution in [0.1, 0.15) is 0 Å². The normalized spacial score (nSPS) is 12.4. The molecule has 0 unspecified atom stereocenters. The number of furan rings is 1. The lowest BCUT2D eigenvalue weighted by Crippen LogP contribution is -2.17. The van der Waals surface area contributed by atoms with Crippen LogP contribution in [0.5, 0.6) is 11.5 Å². The summed E-state index contributed by atoms with van der Waals surface area (Å²) < 4.78 is 15.7. The van der Waals surface area contributed by atoms with Crippen LogP contribution in [-0.2, 0) is 0 Å². The summed E-state index contributed by atoms with van der Waals surface area (Å²) in [5.41, 5.74) is 7.90. The van der Waals surface area contributed by atoms with Gasteiger partial charge in [0, 0.05) is 59.8 Å². The number of benzene rings is 8. The highest BCUT2D eigenvalue weighted by Gasteiger charge is 2.28. The highest BCUT2D eigenvalue weighted by molar-refractivity contribution is 7.25. The van der Waals surface area contributed by atoms with Crippen molar-refractivity contribution in [2.45, 2.75) is 0 Å². The molecule has 5 heteroatoms. The van der Waals surface area contributed by atoms with Crippen molar-refractivity contribution in [2.24, 2.45) is 0 Å². The van der Waals surface area contributed by atoms with Crippen molar-refractivity contribution in [1.29, 1.82) is 0 Å². The van der Waals surface area contributed by atoms with Crippen molar-refractivity contribution >= 4 is 98.3 Å². The quantitative estimate of drug-likeness (QED) is 0.186. The van der Waals surface area contributed by atoms with Crippen LogP contribution in [0.4, 0.5) is 34.1 Å². The lowest BCUT2D eigenvalue weighted by molar-refractivity contribution is 0.477. The van der Waals surface area contributed by atoms with Gasteiger partial charge in [-0.25, -0.2) is 0 Å². The van der Waals surface area contributed by atoms with E-state index in [2.05, 4.69) is 155 Å². The van der Waals surface area contributed by atoms with E-state index in [9.17, 15) is 0 Å². The molecular weight excluding hydrogens is 645 g/mol. The van der Waals surface area contributed by atoms with E-state index >= 15 is 0 Å². The Labute approximate surface area is 297 Å². The molecule has 0 N–H and O–H groups in total. The second-order valence-corrected chi connectivity index (χ2v) is 14.0. The zero-order valence-corrected chi connectivity index (χ0v) is 28.1. The molecule has 1 aliphatic heterocycles. The Bertz CT molecular complexity index is 2990. The highest BCUT2D eigenvalue weighted by atomic mass is 32.1. The molecule has 51 heavy (non-hydrogen) atoms. The average Bonchev–Trinajstić information content (AvgIpc) is 3.74. The predicted molar refractivity (Wildman–Crippen MR) is 214 cm³/mol. The van der Waals surface area contributed by atoms with Gasteiger partial charge in [-0.3, -0.25) is 0 Å². The summed E-state index contributed by atoms with van der Waals surface area (Å²) in [7, 11) is 0. The van der Waals surface area contributed by atoms with Crippen molar-refractivity contribution in [3.63, 3.8) is 0 Å². The second-order valence-electron chi connectivity index (χ2n) is 12.9. The summed E-state index contributed by atoms with van der Waals surface area (Å²) >= 11 is 1.83. The second kappa shape index (κ2) is 11.0. The third-order valence-corrected chi connectivity index (χ3v) is 11.2. The summed E-state index contributed by atoms with van der Waals surface area (Å²) in [4.78, 5) is 4.64. The number of fused-ring (bicyclic) bond motifs is 9. The molecule has 0 saturated heterocycles. The Morgan fingerprint density at radius 3 is 2.10 bits per heavy atom. The Morgan fingerprint density at radius 1 is 0.451 bits per heavy atom. The van der Waals surface area contributed by atoms with Crippen LogP contribution in [0.25, 0.3) is 52.9 Å². The molecule has 0 bridgehead atoms. The van der Waals surface area contributed by atoms with Gasteiger partial charge in [0.25, 0.3) is 0 Å². The minimum Gasteiger partial charge on any atom is -0.456 e. The summed E-state index contributed by atoms with van der Waals surface area (Å²) in [6, 6.07) is 60.0. The molecule has 11 rings (SSSR count). The van der Waals surface area contributed by atoms with Gasteiger partial charge in [0.1, 0.15) is 11.2 Å². The van der Waals surface area contributed by atoms with Crippen molar-refractivity contribution in [3.8, 4) is 11.5 Å². The van der Waals surface area contributed by atoms with Gasteiger partial charge in [0.2, 0.25) is 0 Å². The molecule has 10 aromatic rings. The van der Waals surface area contributed by atoms with E-state index in [1.54, 1.807) is 0 Å². The van der Waals surface area contributed by atoms with E-state index in [1.807, 2.05) is 35.6 Å². The van der Waals surface area contributed by atoms with E-state index in [4.69, 9.17) is 9.15 Å². The van der Waals surface area contributed by atoms with Crippen LogP contribution in [-0.4, -0.2) is 0 Å². The number of anilines is 6. The molecule has 4 nitrogen and oxygen atoms in total. The molecule has 0 amide bonds. The fourth-order valence-electron chi connectivity index (χ4n) is 7.70. The fraction of sp³-hybridized carbons (Fsp3) is 0. The minimum atomic E-state index is 0.790. The molecule has 0 fully saturated rings. The molecule has 8 aromatic carbocycles. The topological polar surface area (TPSA) is 28.9 Å². The molecule has 2 aromatic heterocycles. The Balaban J connectivity index is 1.10. The molecule has 0 radical (unpaired) electrons. The fourth-order valence-corrected chi connectivity index (χ4v) is 8.84. The lowest BCUT2D eigenvalue weighted by atomic mass is 10.0. The first kappa shape index (κ1) is 28.3. The van der Waals surface area contributed by atoms with Crippen LogP contribution >= 0.6 is 11.3 Å². The first-order valence-corrected chi connectivity index (χ1v) is 17.9. The van der Waals surface area contributed by atoms with Crippen molar-refractivity contribution in [2.75, 3.05) is 9.80 Å². The summed E-state index contributed by atoms with van der Waals surface area (Å²) in [5.74, 6) is 1.61. The summed E-state index contributed by atoms with van der Waals surface area (Å²) in [6.07, 6.45) is 0. The first-order valence-electron chi connectivity index (χ1n) is 17.1. The van der Waals surface area contributed by atoms with Crippen LogP contribution < -0.4 is 14.5 Å². The van der Waals surface area contributed by atoms with Crippen molar-refractivity contribution in [1.82, 2.24) is 0 Å². The third kappa shape index (κ3) is 4.38. The zero-order chi connectivity index (χ0) is 33.5. The molecule has 0 aliphatic carbocycles. The van der Waals surface area contributed by atoms with Crippen LogP contribution in [0.15, 0.2) is 174 Å². The SMILES string of the molecule is c1ccc2c(c1)Oc1cc(N(c3ccc4c(c3)oc3ccccc34)c3cccc4ccccc34)ccc1N2c1ccc2c(c1)sc1ccccc12. The smallest absolute Gasteiger partial charge is 0.153 e. The Hall–Kier alpha value is -6.56. The molecule has 0 saturated carbocycles.